The molecule has 4 rings (SSSR count). The number of nitrogens with one attached hydrogen (secondary N) is 2. The smallest absolute Gasteiger partial charge is 0.251 e. The Morgan fingerprint density at radius 2 is 1.77 bits per heavy atom. The molecule has 0 radical (unpaired) electrons. The summed E-state index contributed by atoms with van der Waals surface area (Å²) < 4.78 is 3.72. The molecule has 2 N–H and O–H groups in total. The van der Waals surface area contributed by atoms with Gasteiger partial charge in [0.1, 0.15) is 6.33 Å². The maximum atomic E-state index is 12.7. The first-order valence-electron chi connectivity index (χ1n) is 11.1. The fraction of sp³-hybridized carbons (Fsp3) is 0.240. The number of carbonyl (C=O) groups excluding carboxylic acids is 2. The Kier molecular flexibility index (Phi) is 7.61. The second-order valence-corrected chi connectivity index (χ2v) is 9.06. The van der Waals surface area contributed by atoms with Gasteiger partial charge in [-0.25, -0.2) is 0 Å². The Labute approximate surface area is 208 Å². The average molecular weight is 490 g/mol. The van der Waals surface area contributed by atoms with Crippen molar-refractivity contribution < 1.29 is 9.59 Å². The van der Waals surface area contributed by atoms with E-state index in [-0.39, 0.29) is 17.6 Å². The largest absolute Gasteiger partial charge is 0.348 e. The average Bonchev–Trinajstić information content (AvgIpc) is 3.38. The maximum absolute atomic E-state index is 12.7. The predicted molar refractivity (Wildman–Crippen MR) is 135 cm³/mol. The molecule has 180 valence electrons. The fourth-order valence-corrected chi connectivity index (χ4v) is 4.29. The van der Waals surface area contributed by atoms with Gasteiger partial charge in [0, 0.05) is 36.1 Å². The van der Waals surface area contributed by atoms with Crippen LogP contribution in [0.1, 0.15) is 32.9 Å². The van der Waals surface area contributed by atoms with E-state index in [1.807, 2.05) is 43.8 Å². The minimum absolute atomic E-state index is 0.159. The van der Waals surface area contributed by atoms with Crippen molar-refractivity contribution in [1.82, 2.24) is 29.9 Å². The molecular weight excluding hydrogens is 462 g/mol. The summed E-state index contributed by atoms with van der Waals surface area (Å²) in [7, 11) is 1.82. The standard InChI is InChI=1S/C25H27N7O2S/c1-17-22(18(2)32(30-17)14-19-7-5-4-6-8-19)13-26-24(34)20-9-11-21(12-10-20)28-23(33)15-35-25-29-27-16-31(25)3/h4-12,16H,13-15H2,1-3H3,(H,26,34)(H,28,33). The number of aromatic nitrogens is 5. The Morgan fingerprint density at radius 3 is 2.46 bits per heavy atom. The summed E-state index contributed by atoms with van der Waals surface area (Å²) >= 11 is 1.30. The minimum Gasteiger partial charge on any atom is -0.348 e. The van der Waals surface area contributed by atoms with Gasteiger partial charge in [0.15, 0.2) is 5.16 Å². The lowest BCUT2D eigenvalue weighted by Gasteiger charge is -2.09. The molecule has 0 bridgehead atoms. The molecule has 0 fully saturated rings. The highest BCUT2D eigenvalue weighted by molar-refractivity contribution is 7.99. The first-order chi connectivity index (χ1) is 16.9. The van der Waals surface area contributed by atoms with Crippen LogP contribution in [0.5, 0.6) is 0 Å². The molecule has 0 spiro atoms. The predicted octanol–water partition coefficient (Wildman–Crippen LogP) is 3.34. The lowest BCUT2D eigenvalue weighted by molar-refractivity contribution is -0.113. The van der Waals surface area contributed by atoms with Crippen LogP contribution in [0.2, 0.25) is 0 Å². The van der Waals surface area contributed by atoms with Gasteiger partial charge >= 0.3 is 0 Å². The highest BCUT2D eigenvalue weighted by Crippen LogP contribution is 2.17. The molecule has 0 aliphatic rings. The van der Waals surface area contributed by atoms with Crippen molar-refractivity contribution in [2.24, 2.45) is 7.05 Å². The van der Waals surface area contributed by atoms with Crippen molar-refractivity contribution in [2.75, 3.05) is 11.1 Å². The summed E-state index contributed by atoms with van der Waals surface area (Å²) in [6, 6.07) is 17.0. The molecule has 0 atom stereocenters. The van der Waals surface area contributed by atoms with E-state index < -0.39 is 0 Å². The van der Waals surface area contributed by atoms with Crippen LogP contribution in [-0.2, 0) is 24.9 Å². The fourth-order valence-electron chi connectivity index (χ4n) is 3.61. The molecule has 4 aromatic rings. The van der Waals surface area contributed by atoms with Crippen LogP contribution in [0.15, 0.2) is 66.1 Å². The molecule has 35 heavy (non-hydrogen) atoms. The molecule has 0 saturated heterocycles. The number of benzene rings is 2. The summed E-state index contributed by atoms with van der Waals surface area (Å²) in [6.45, 7) is 5.05. The molecule has 0 unspecified atom stereocenters. The van der Waals surface area contributed by atoms with E-state index in [4.69, 9.17) is 0 Å². The second-order valence-electron chi connectivity index (χ2n) is 8.11. The van der Waals surface area contributed by atoms with Gasteiger partial charge in [-0.3, -0.25) is 14.3 Å². The third kappa shape index (κ3) is 6.15. The molecule has 0 saturated carbocycles. The Morgan fingerprint density at radius 1 is 1.03 bits per heavy atom. The van der Waals surface area contributed by atoms with Gasteiger partial charge in [0.2, 0.25) is 5.91 Å². The van der Waals surface area contributed by atoms with Gasteiger partial charge in [-0.2, -0.15) is 5.10 Å². The molecule has 10 heteroatoms. The van der Waals surface area contributed by atoms with Crippen molar-refractivity contribution in [3.05, 3.63) is 89.0 Å². The van der Waals surface area contributed by atoms with E-state index in [0.29, 0.717) is 29.5 Å². The molecule has 2 amide bonds. The van der Waals surface area contributed by atoms with Gasteiger partial charge in [0.05, 0.1) is 18.0 Å². The Hall–Kier alpha value is -3.92. The van der Waals surface area contributed by atoms with Crippen LogP contribution < -0.4 is 10.6 Å². The molecular formula is C25H27N7O2S. The first-order valence-corrected chi connectivity index (χ1v) is 12.1. The zero-order valence-corrected chi connectivity index (χ0v) is 20.7. The summed E-state index contributed by atoms with van der Waals surface area (Å²) in [5.74, 6) is -0.130. The topological polar surface area (TPSA) is 107 Å². The van der Waals surface area contributed by atoms with E-state index in [9.17, 15) is 9.59 Å². The normalized spacial score (nSPS) is 10.8. The van der Waals surface area contributed by atoms with Crippen LogP contribution in [-0.4, -0.2) is 42.1 Å². The number of hydrogen-bond acceptors (Lipinski definition) is 6. The third-order valence-corrected chi connectivity index (χ3v) is 6.60. The number of carbonyl (C=O) groups is 2. The summed E-state index contributed by atoms with van der Waals surface area (Å²) in [5.41, 5.74) is 5.26. The van der Waals surface area contributed by atoms with Crippen molar-refractivity contribution in [2.45, 2.75) is 32.1 Å². The molecule has 0 aliphatic carbocycles. The third-order valence-electron chi connectivity index (χ3n) is 5.57. The minimum atomic E-state index is -0.185. The zero-order chi connectivity index (χ0) is 24.8. The number of anilines is 1. The monoisotopic (exact) mass is 489 g/mol. The first kappa shape index (κ1) is 24.2. The molecule has 2 aromatic heterocycles. The van der Waals surface area contributed by atoms with E-state index >= 15 is 0 Å². The number of thioether (sulfide) groups is 1. The SMILES string of the molecule is Cc1nn(Cc2ccccc2)c(C)c1CNC(=O)c1ccc(NC(=O)CSc2nncn2C)cc1. The van der Waals surface area contributed by atoms with Gasteiger partial charge in [-0.15, -0.1) is 10.2 Å². The van der Waals surface area contributed by atoms with Gasteiger partial charge in [-0.1, -0.05) is 42.1 Å². The van der Waals surface area contributed by atoms with Crippen molar-refractivity contribution in [3.8, 4) is 0 Å². The molecule has 2 heterocycles. The molecule has 0 aliphatic heterocycles. The lowest BCUT2D eigenvalue weighted by atomic mass is 10.1. The molecule has 2 aromatic carbocycles. The van der Waals surface area contributed by atoms with E-state index in [2.05, 4.69) is 38.1 Å². The van der Waals surface area contributed by atoms with E-state index in [1.54, 1.807) is 35.2 Å². The van der Waals surface area contributed by atoms with Crippen molar-refractivity contribution in [1.29, 1.82) is 0 Å². The number of hydrogen-bond donors (Lipinski definition) is 2. The van der Waals surface area contributed by atoms with Crippen LogP contribution in [0.4, 0.5) is 5.69 Å². The number of amides is 2. The lowest BCUT2D eigenvalue weighted by Crippen LogP contribution is -2.23. The van der Waals surface area contributed by atoms with Crippen LogP contribution in [0.25, 0.3) is 0 Å². The van der Waals surface area contributed by atoms with E-state index in [0.717, 1.165) is 17.0 Å². The highest BCUT2D eigenvalue weighted by atomic mass is 32.2. The summed E-state index contributed by atoms with van der Waals surface area (Å²) in [5, 5.41) is 18.9. The van der Waals surface area contributed by atoms with Crippen molar-refractivity contribution >= 4 is 29.3 Å². The highest BCUT2D eigenvalue weighted by Gasteiger charge is 2.14. The maximum Gasteiger partial charge on any atom is 0.251 e. The van der Waals surface area contributed by atoms with Crippen LogP contribution >= 0.6 is 11.8 Å². The quantitative estimate of drug-likeness (QED) is 0.349. The second kappa shape index (κ2) is 11.0. The summed E-state index contributed by atoms with van der Waals surface area (Å²) in [4.78, 5) is 24.9. The van der Waals surface area contributed by atoms with Crippen molar-refractivity contribution in [3.63, 3.8) is 0 Å². The van der Waals surface area contributed by atoms with Gasteiger partial charge in [-0.05, 0) is 43.7 Å². The summed E-state index contributed by atoms with van der Waals surface area (Å²) in [6.07, 6.45) is 1.59. The van der Waals surface area contributed by atoms with Gasteiger partial charge in [0.25, 0.3) is 5.91 Å². The number of aryl methyl sites for hydroxylation is 2. The number of nitrogens with zero attached hydrogens (tertiary/aromatic N) is 5. The Bertz CT molecular complexity index is 1310. The molecule has 9 nitrogen and oxygen atoms in total. The van der Waals surface area contributed by atoms with Crippen LogP contribution in [0.3, 0.4) is 0 Å². The zero-order valence-electron chi connectivity index (χ0n) is 19.9. The van der Waals surface area contributed by atoms with Gasteiger partial charge < -0.3 is 15.2 Å². The number of rotatable bonds is 9. The Balaban J connectivity index is 1.30. The van der Waals surface area contributed by atoms with Crippen LogP contribution in [0, 0.1) is 13.8 Å². The van der Waals surface area contributed by atoms with E-state index in [1.165, 1.54) is 17.3 Å².